The molecule has 0 unspecified atom stereocenters. The number of hydrogen-bond acceptors (Lipinski definition) is 4. The molecule has 4 nitrogen and oxygen atoms in total. The van der Waals surface area contributed by atoms with Crippen LogP contribution in [-0.2, 0) is 6.42 Å². The third-order valence-corrected chi connectivity index (χ3v) is 2.37. The molecule has 2 aromatic rings. The normalized spacial score (nSPS) is 11.0. The summed E-state index contributed by atoms with van der Waals surface area (Å²) in [5, 5.41) is 13.0. The van der Waals surface area contributed by atoms with E-state index in [0.717, 1.165) is 22.8 Å². The third-order valence-electron chi connectivity index (χ3n) is 1.39. The predicted molar refractivity (Wildman–Crippen MR) is 42.7 cm³/mol. The number of aryl methyl sites for hydroxylation is 1. The Hall–Kier alpha value is -0.970. The van der Waals surface area contributed by atoms with Crippen LogP contribution in [0.4, 0.5) is 0 Å². The molecule has 58 valence electrons. The van der Waals surface area contributed by atoms with Gasteiger partial charge >= 0.3 is 0 Å². The first-order valence-corrected chi connectivity index (χ1v) is 4.37. The zero-order chi connectivity index (χ0) is 7.68. The molecular weight excluding hydrogens is 160 g/mol. The summed E-state index contributed by atoms with van der Waals surface area (Å²) >= 11 is 1.61. The Bertz CT molecular complexity index is 321. The van der Waals surface area contributed by atoms with Crippen molar-refractivity contribution < 1.29 is 0 Å². The number of aromatic nitrogens is 4. The Balaban J connectivity index is 2.42. The second-order valence-electron chi connectivity index (χ2n) is 2.30. The minimum Gasteiger partial charge on any atom is -0.190 e. The summed E-state index contributed by atoms with van der Waals surface area (Å²) < 4.78 is 1.72. The lowest BCUT2D eigenvalue weighted by Gasteiger charge is -1.84. The van der Waals surface area contributed by atoms with Gasteiger partial charge in [-0.1, -0.05) is 18.3 Å². The van der Waals surface area contributed by atoms with Gasteiger partial charge in [-0.3, -0.25) is 0 Å². The summed E-state index contributed by atoms with van der Waals surface area (Å²) in [6.45, 7) is 2.14. The molecule has 0 atom stereocenters. The van der Waals surface area contributed by atoms with Crippen molar-refractivity contribution >= 4 is 16.3 Å². The average molecular weight is 168 g/mol. The van der Waals surface area contributed by atoms with Gasteiger partial charge in [-0.15, -0.1) is 10.2 Å². The van der Waals surface area contributed by atoms with Crippen LogP contribution in [0.3, 0.4) is 0 Å². The predicted octanol–water partition coefficient (Wildman–Crippen LogP) is 1.14. The maximum atomic E-state index is 4.27. The molecule has 0 N–H and O–H groups in total. The lowest BCUT2D eigenvalue weighted by atomic mass is 10.4. The van der Waals surface area contributed by atoms with Gasteiger partial charge in [0.1, 0.15) is 11.3 Å². The first kappa shape index (κ1) is 6.72. The molecule has 0 aromatic carbocycles. The van der Waals surface area contributed by atoms with Crippen molar-refractivity contribution in [2.24, 2.45) is 0 Å². The van der Waals surface area contributed by atoms with Crippen LogP contribution in [0.15, 0.2) is 6.33 Å². The summed E-state index contributed by atoms with van der Waals surface area (Å²) in [6.07, 6.45) is 3.79. The van der Waals surface area contributed by atoms with E-state index in [-0.39, 0.29) is 0 Å². The Kier molecular flexibility index (Phi) is 1.58. The topological polar surface area (TPSA) is 43.1 Å². The van der Waals surface area contributed by atoms with Crippen LogP contribution in [0.2, 0.25) is 0 Å². The highest BCUT2D eigenvalue weighted by Crippen LogP contribution is 2.12. The zero-order valence-corrected chi connectivity index (χ0v) is 7.01. The van der Waals surface area contributed by atoms with E-state index in [4.69, 9.17) is 0 Å². The molecule has 0 aliphatic carbocycles. The van der Waals surface area contributed by atoms with Crippen molar-refractivity contribution in [2.75, 3.05) is 0 Å². The molecule has 5 heteroatoms. The largest absolute Gasteiger partial charge is 0.234 e. The van der Waals surface area contributed by atoms with Gasteiger partial charge in [-0.05, 0) is 6.42 Å². The van der Waals surface area contributed by atoms with Crippen molar-refractivity contribution in [3.8, 4) is 0 Å². The molecule has 2 aromatic heterocycles. The molecule has 0 aliphatic rings. The van der Waals surface area contributed by atoms with Crippen molar-refractivity contribution in [1.82, 2.24) is 19.8 Å². The molecule has 2 rings (SSSR count). The van der Waals surface area contributed by atoms with Gasteiger partial charge in [0.15, 0.2) is 0 Å². The van der Waals surface area contributed by atoms with E-state index < -0.39 is 0 Å². The van der Waals surface area contributed by atoms with Crippen LogP contribution in [-0.4, -0.2) is 19.8 Å². The van der Waals surface area contributed by atoms with E-state index in [1.54, 1.807) is 22.2 Å². The Morgan fingerprint density at radius 2 is 2.55 bits per heavy atom. The molecule has 0 saturated heterocycles. The Morgan fingerprint density at radius 1 is 1.64 bits per heavy atom. The molecule has 0 amide bonds. The molecule has 0 saturated carbocycles. The van der Waals surface area contributed by atoms with Crippen LogP contribution >= 0.6 is 11.3 Å². The van der Waals surface area contributed by atoms with Gasteiger partial charge in [-0.25, -0.2) is 0 Å². The van der Waals surface area contributed by atoms with E-state index in [2.05, 4.69) is 22.2 Å². The summed E-state index contributed by atoms with van der Waals surface area (Å²) in [6, 6.07) is 0. The smallest absolute Gasteiger partial charge is 0.190 e. The van der Waals surface area contributed by atoms with Crippen molar-refractivity contribution in [3.05, 3.63) is 11.3 Å². The quantitative estimate of drug-likeness (QED) is 0.675. The fraction of sp³-hybridized carbons (Fsp3) is 0.500. The van der Waals surface area contributed by atoms with Crippen molar-refractivity contribution in [2.45, 2.75) is 19.8 Å². The van der Waals surface area contributed by atoms with Crippen molar-refractivity contribution in [3.63, 3.8) is 0 Å². The highest BCUT2D eigenvalue weighted by Gasteiger charge is 2.02. The molecule has 0 radical (unpaired) electrons. The SMILES string of the molecule is CCCc1nn2cnnc2s1. The van der Waals surface area contributed by atoms with Crippen LogP contribution in [0.1, 0.15) is 18.4 Å². The van der Waals surface area contributed by atoms with Crippen LogP contribution in [0.5, 0.6) is 0 Å². The molecule has 0 fully saturated rings. The maximum absolute atomic E-state index is 4.27. The second kappa shape index (κ2) is 2.58. The van der Waals surface area contributed by atoms with Crippen molar-refractivity contribution in [1.29, 1.82) is 0 Å². The summed E-state index contributed by atoms with van der Waals surface area (Å²) in [5.41, 5.74) is 0. The minimum absolute atomic E-state index is 0.883. The summed E-state index contributed by atoms with van der Waals surface area (Å²) in [5.74, 6) is 0. The van der Waals surface area contributed by atoms with E-state index in [1.165, 1.54) is 0 Å². The Labute approximate surface area is 67.9 Å². The fourth-order valence-corrected chi connectivity index (χ4v) is 1.83. The van der Waals surface area contributed by atoms with E-state index >= 15 is 0 Å². The van der Waals surface area contributed by atoms with Gasteiger partial charge in [-0.2, -0.15) is 9.61 Å². The number of nitrogens with zero attached hydrogens (tertiary/aromatic N) is 4. The minimum atomic E-state index is 0.883. The summed E-state index contributed by atoms with van der Waals surface area (Å²) in [4.78, 5) is 0.883. The highest BCUT2D eigenvalue weighted by molar-refractivity contribution is 7.16. The monoisotopic (exact) mass is 168 g/mol. The van der Waals surface area contributed by atoms with Crippen LogP contribution in [0.25, 0.3) is 4.96 Å². The van der Waals surface area contributed by atoms with E-state index in [1.807, 2.05) is 0 Å². The maximum Gasteiger partial charge on any atom is 0.234 e. The van der Waals surface area contributed by atoms with Gasteiger partial charge < -0.3 is 0 Å². The average Bonchev–Trinajstić information content (AvgIpc) is 2.46. The fourth-order valence-electron chi connectivity index (χ4n) is 0.916. The highest BCUT2D eigenvalue weighted by atomic mass is 32.1. The molecule has 0 spiro atoms. The number of fused-ring (bicyclic) bond motifs is 1. The number of hydrogen-bond donors (Lipinski definition) is 0. The third kappa shape index (κ3) is 1.11. The van der Waals surface area contributed by atoms with Crippen LogP contribution < -0.4 is 0 Å². The molecule has 0 aliphatic heterocycles. The first-order chi connectivity index (χ1) is 5.40. The first-order valence-electron chi connectivity index (χ1n) is 3.56. The Morgan fingerprint density at radius 3 is 3.27 bits per heavy atom. The second-order valence-corrected chi connectivity index (χ2v) is 3.34. The van der Waals surface area contributed by atoms with Gasteiger partial charge in [0.2, 0.25) is 4.96 Å². The van der Waals surface area contributed by atoms with Gasteiger partial charge in [0, 0.05) is 6.42 Å². The van der Waals surface area contributed by atoms with E-state index in [0.29, 0.717) is 0 Å². The lowest BCUT2D eigenvalue weighted by Crippen LogP contribution is -1.84. The molecule has 11 heavy (non-hydrogen) atoms. The van der Waals surface area contributed by atoms with Gasteiger partial charge in [0.05, 0.1) is 0 Å². The van der Waals surface area contributed by atoms with Crippen LogP contribution in [0, 0.1) is 0 Å². The molecule has 0 bridgehead atoms. The number of rotatable bonds is 2. The molecule has 2 heterocycles. The molecular formula is C6H8N4S. The zero-order valence-electron chi connectivity index (χ0n) is 6.19. The van der Waals surface area contributed by atoms with Gasteiger partial charge in [0.25, 0.3) is 0 Å². The standard InChI is InChI=1S/C6H8N4S/c1-2-3-5-9-10-4-7-8-6(10)11-5/h4H,2-3H2,1H3. The summed E-state index contributed by atoms with van der Waals surface area (Å²) in [7, 11) is 0. The van der Waals surface area contributed by atoms with E-state index in [9.17, 15) is 0 Å². The lowest BCUT2D eigenvalue weighted by molar-refractivity contribution is 0.844.